The van der Waals surface area contributed by atoms with Crippen molar-refractivity contribution < 1.29 is 10.1 Å². The second-order valence-corrected chi connectivity index (χ2v) is 1.92. The predicted molar refractivity (Wildman–Crippen MR) is 34.2 cm³/mol. The van der Waals surface area contributed by atoms with Gasteiger partial charge in [-0.25, -0.2) is 10.1 Å². The number of quaternary nitrogens is 1. The van der Waals surface area contributed by atoms with E-state index >= 15 is 0 Å². The largest absolute Gasteiger partial charge is 0.599 e. The number of hydrogen-bond acceptors (Lipinski definition) is 3. The fourth-order valence-electron chi connectivity index (χ4n) is 0.580. The third kappa shape index (κ3) is 3.42. The summed E-state index contributed by atoms with van der Waals surface area (Å²) in [7, 11) is 1.35. The minimum Gasteiger partial charge on any atom is -0.599 e. The lowest BCUT2D eigenvalue weighted by atomic mass is 10.3. The topological polar surface area (TPSA) is 62.8 Å². The third-order valence-electron chi connectivity index (χ3n) is 1.10. The van der Waals surface area contributed by atoms with Gasteiger partial charge in [0.15, 0.2) is 6.17 Å². The molecular weight excluding hydrogens is 120 g/mol. The van der Waals surface area contributed by atoms with E-state index in [9.17, 15) is 5.21 Å². The van der Waals surface area contributed by atoms with Gasteiger partial charge in [0.05, 0.1) is 7.11 Å². The van der Waals surface area contributed by atoms with Gasteiger partial charge in [-0.2, -0.15) is 0 Å². The Morgan fingerprint density at radius 3 is 2.67 bits per heavy atom. The van der Waals surface area contributed by atoms with Crippen LogP contribution in [0.4, 0.5) is 0 Å². The molecular formula is C5H14N2O2. The van der Waals surface area contributed by atoms with E-state index in [-0.39, 0.29) is 5.23 Å². The zero-order valence-corrected chi connectivity index (χ0v) is 5.89. The molecule has 0 bridgehead atoms. The Morgan fingerprint density at radius 2 is 2.33 bits per heavy atom. The molecule has 4 nitrogen and oxygen atoms in total. The second-order valence-electron chi connectivity index (χ2n) is 1.92. The van der Waals surface area contributed by atoms with Crippen molar-refractivity contribution in [3.63, 3.8) is 0 Å². The molecule has 0 aromatic carbocycles. The molecule has 0 aliphatic rings. The van der Waals surface area contributed by atoms with Crippen LogP contribution < -0.4 is 11.0 Å². The summed E-state index contributed by atoms with van der Waals surface area (Å²) in [5.74, 6) is 0. The van der Waals surface area contributed by atoms with E-state index in [2.05, 4.69) is 4.84 Å². The van der Waals surface area contributed by atoms with Gasteiger partial charge in [0, 0.05) is 6.42 Å². The van der Waals surface area contributed by atoms with Crippen LogP contribution in [-0.2, 0) is 4.84 Å². The van der Waals surface area contributed by atoms with Crippen LogP contribution in [-0.4, -0.2) is 13.3 Å². The Morgan fingerprint density at radius 1 is 1.78 bits per heavy atom. The lowest BCUT2D eigenvalue weighted by molar-refractivity contribution is -1.07. The molecule has 0 aromatic rings. The maximum atomic E-state index is 10.6. The van der Waals surface area contributed by atoms with Crippen LogP contribution >= 0.6 is 0 Å². The first-order valence-corrected chi connectivity index (χ1v) is 3.05. The summed E-state index contributed by atoms with van der Waals surface area (Å²) in [6.45, 7) is 1.98. The lowest BCUT2D eigenvalue weighted by Gasteiger charge is -2.23. The van der Waals surface area contributed by atoms with Crippen LogP contribution in [0.2, 0.25) is 0 Å². The van der Waals surface area contributed by atoms with Crippen molar-refractivity contribution in [2.75, 3.05) is 7.11 Å². The van der Waals surface area contributed by atoms with Crippen molar-refractivity contribution in [3.05, 3.63) is 5.21 Å². The number of hydroxylamine groups is 2. The molecule has 2 atom stereocenters. The molecule has 0 amide bonds. The molecule has 0 radical (unpaired) electrons. The molecule has 0 spiro atoms. The molecule has 2 unspecified atom stereocenters. The molecule has 56 valence electrons. The molecule has 3 N–H and O–H groups in total. The number of hydrogen-bond donors (Lipinski definition) is 2. The van der Waals surface area contributed by atoms with Crippen molar-refractivity contribution in [2.24, 2.45) is 5.73 Å². The molecule has 4 heteroatoms. The van der Waals surface area contributed by atoms with Gasteiger partial charge in [-0.3, -0.25) is 5.73 Å². The molecule has 0 saturated carbocycles. The van der Waals surface area contributed by atoms with Crippen molar-refractivity contribution in [3.8, 4) is 0 Å². The summed E-state index contributed by atoms with van der Waals surface area (Å²) >= 11 is 0. The zero-order chi connectivity index (χ0) is 7.28. The molecule has 9 heavy (non-hydrogen) atoms. The Bertz CT molecular complexity index is 70.0. The molecule has 0 rings (SSSR count). The highest BCUT2D eigenvalue weighted by molar-refractivity contribution is 4.40. The van der Waals surface area contributed by atoms with Gasteiger partial charge in [-0.15, -0.1) is 0 Å². The van der Waals surface area contributed by atoms with Crippen molar-refractivity contribution in [2.45, 2.75) is 25.9 Å². The average Bonchev–Trinajstić information content (AvgIpc) is 1.87. The number of nitrogens with one attached hydrogen (secondary N) is 1. The van der Waals surface area contributed by atoms with Crippen LogP contribution in [0.5, 0.6) is 0 Å². The Hall–Kier alpha value is -0.160. The first kappa shape index (κ1) is 8.84. The maximum Gasteiger partial charge on any atom is 0.168 e. The first-order chi connectivity index (χ1) is 4.22. The van der Waals surface area contributed by atoms with Crippen LogP contribution in [0.15, 0.2) is 0 Å². The maximum absolute atomic E-state index is 10.6. The molecule has 0 saturated heterocycles. The minimum absolute atomic E-state index is 0.322. The van der Waals surface area contributed by atoms with Crippen molar-refractivity contribution in [1.29, 1.82) is 0 Å². The van der Waals surface area contributed by atoms with Gasteiger partial charge >= 0.3 is 0 Å². The average molecular weight is 134 g/mol. The van der Waals surface area contributed by atoms with E-state index in [4.69, 9.17) is 5.73 Å². The van der Waals surface area contributed by atoms with Crippen molar-refractivity contribution >= 4 is 0 Å². The predicted octanol–water partition coefficient (Wildman–Crippen LogP) is -0.985. The third-order valence-corrected chi connectivity index (χ3v) is 1.10. The van der Waals surface area contributed by atoms with E-state index < -0.39 is 6.17 Å². The quantitative estimate of drug-likeness (QED) is 0.383. The number of rotatable bonds is 4. The SMILES string of the molecule is CCCC(N)[NH+]([O-])OC. The highest BCUT2D eigenvalue weighted by atomic mass is 16.9. The summed E-state index contributed by atoms with van der Waals surface area (Å²) in [5, 5.41) is 10.2. The van der Waals surface area contributed by atoms with E-state index in [1.165, 1.54) is 7.11 Å². The van der Waals surface area contributed by atoms with E-state index in [1.807, 2.05) is 6.92 Å². The standard InChI is InChI=1S/C5H14N2O2/c1-3-4-5(6)7(8)9-2/h5,7H,3-4,6H2,1-2H3. The van der Waals surface area contributed by atoms with Crippen LogP contribution in [0.3, 0.4) is 0 Å². The number of nitrogens with two attached hydrogens (primary N) is 1. The van der Waals surface area contributed by atoms with E-state index in [0.717, 1.165) is 6.42 Å². The molecule has 0 aliphatic carbocycles. The summed E-state index contributed by atoms with van der Waals surface area (Å²) in [4.78, 5) is 4.40. The normalized spacial score (nSPS) is 17.3. The molecule has 0 heterocycles. The minimum atomic E-state index is -0.431. The highest BCUT2D eigenvalue weighted by Gasteiger charge is 2.06. The molecule has 0 aliphatic heterocycles. The van der Waals surface area contributed by atoms with Gasteiger partial charge < -0.3 is 5.21 Å². The zero-order valence-electron chi connectivity index (χ0n) is 5.89. The second kappa shape index (κ2) is 4.69. The lowest BCUT2D eigenvalue weighted by Crippen LogP contribution is -3.11. The molecule has 0 aromatic heterocycles. The van der Waals surface area contributed by atoms with Crippen molar-refractivity contribution in [1.82, 2.24) is 0 Å². The van der Waals surface area contributed by atoms with E-state index in [0.29, 0.717) is 6.42 Å². The fourth-order valence-corrected chi connectivity index (χ4v) is 0.580. The van der Waals surface area contributed by atoms with Gasteiger partial charge in [0.25, 0.3) is 0 Å². The summed E-state index contributed by atoms with van der Waals surface area (Å²) in [5.41, 5.74) is 5.36. The van der Waals surface area contributed by atoms with Crippen LogP contribution in [0.25, 0.3) is 0 Å². The molecule has 0 fully saturated rings. The Kier molecular flexibility index (Phi) is 4.61. The summed E-state index contributed by atoms with van der Waals surface area (Å²) in [6.07, 6.45) is 1.18. The Balaban J connectivity index is 3.32. The van der Waals surface area contributed by atoms with E-state index in [1.54, 1.807) is 0 Å². The summed E-state index contributed by atoms with van der Waals surface area (Å²) in [6, 6.07) is 0. The highest BCUT2D eigenvalue weighted by Crippen LogP contribution is 1.84. The van der Waals surface area contributed by atoms with Gasteiger partial charge in [0.1, 0.15) is 0 Å². The smallest absolute Gasteiger partial charge is 0.168 e. The van der Waals surface area contributed by atoms with Crippen LogP contribution in [0.1, 0.15) is 19.8 Å². The fraction of sp³-hybridized carbons (Fsp3) is 1.00. The van der Waals surface area contributed by atoms with Crippen LogP contribution in [0, 0.1) is 5.21 Å². The van der Waals surface area contributed by atoms with Gasteiger partial charge in [-0.05, 0) is 6.42 Å². The Labute approximate surface area is 55.1 Å². The monoisotopic (exact) mass is 134 g/mol. The van der Waals surface area contributed by atoms with Gasteiger partial charge in [0.2, 0.25) is 0 Å². The van der Waals surface area contributed by atoms with Gasteiger partial charge in [-0.1, -0.05) is 6.92 Å². The first-order valence-electron chi connectivity index (χ1n) is 3.05. The summed E-state index contributed by atoms with van der Waals surface area (Å²) < 4.78 is 0.